The summed E-state index contributed by atoms with van der Waals surface area (Å²) in [6.07, 6.45) is 1.16. The summed E-state index contributed by atoms with van der Waals surface area (Å²) in [6, 6.07) is 6.30. The van der Waals surface area contributed by atoms with Crippen molar-refractivity contribution >= 4 is 0 Å². The fourth-order valence-corrected chi connectivity index (χ4v) is 1.84. The van der Waals surface area contributed by atoms with E-state index in [2.05, 4.69) is 61.4 Å². The largest absolute Gasteiger partial charge is 0.311 e. The van der Waals surface area contributed by atoms with Crippen molar-refractivity contribution in [3.63, 3.8) is 0 Å². The van der Waals surface area contributed by atoms with Gasteiger partial charge in [0.15, 0.2) is 0 Å². The van der Waals surface area contributed by atoms with Crippen LogP contribution in [0.15, 0.2) is 18.2 Å². The molecule has 1 heterocycles. The second-order valence-corrected chi connectivity index (χ2v) is 5.34. The predicted octanol–water partition coefficient (Wildman–Crippen LogP) is 1.57. The van der Waals surface area contributed by atoms with Gasteiger partial charge in [0.05, 0.1) is 11.4 Å². The maximum absolute atomic E-state index is 4.69. The standard InChI is InChI=1S/C15H28N4/c1-5-9-16-12-14-7-6-8-15(17-14)13-19(4)11-10-18(2)3/h6-8,16H,5,9-13H2,1-4H3. The van der Waals surface area contributed by atoms with Crippen LogP contribution in [0.25, 0.3) is 0 Å². The molecule has 1 N–H and O–H groups in total. The van der Waals surface area contributed by atoms with Gasteiger partial charge in [-0.05, 0) is 46.2 Å². The van der Waals surface area contributed by atoms with Gasteiger partial charge in [0.25, 0.3) is 0 Å². The highest BCUT2D eigenvalue weighted by atomic mass is 15.2. The minimum Gasteiger partial charge on any atom is -0.311 e. The van der Waals surface area contributed by atoms with E-state index in [1.165, 1.54) is 0 Å². The summed E-state index contributed by atoms with van der Waals surface area (Å²) in [4.78, 5) is 9.21. The van der Waals surface area contributed by atoms with Crippen molar-refractivity contribution in [2.24, 2.45) is 0 Å². The highest BCUT2D eigenvalue weighted by Gasteiger charge is 2.03. The Kier molecular flexibility index (Phi) is 7.63. The van der Waals surface area contributed by atoms with Gasteiger partial charge in [-0.1, -0.05) is 13.0 Å². The predicted molar refractivity (Wildman–Crippen MR) is 81.1 cm³/mol. The highest BCUT2D eigenvalue weighted by molar-refractivity contribution is 5.11. The Labute approximate surface area is 117 Å². The van der Waals surface area contributed by atoms with Crippen LogP contribution < -0.4 is 5.32 Å². The number of nitrogens with zero attached hydrogens (tertiary/aromatic N) is 3. The monoisotopic (exact) mass is 264 g/mol. The minimum absolute atomic E-state index is 0.864. The number of hydrogen-bond donors (Lipinski definition) is 1. The van der Waals surface area contributed by atoms with Crippen molar-refractivity contribution in [1.82, 2.24) is 20.1 Å². The van der Waals surface area contributed by atoms with Gasteiger partial charge in [-0.15, -0.1) is 0 Å². The molecule has 0 saturated carbocycles. The Morgan fingerprint density at radius 2 is 1.84 bits per heavy atom. The van der Waals surface area contributed by atoms with Gasteiger partial charge in [-0.2, -0.15) is 0 Å². The molecule has 0 bridgehead atoms. The molecule has 0 amide bonds. The molecular formula is C15H28N4. The normalized spacial score (nSPS) is 11.5. The lowest BCUT2D eigenvalue weighted by molar-refractivity contribution is 0.274. The number of likely N-dealkylation sites (N-methyl/N-ethyl adjacent to an activating group) is 2. The third-order valence-electron chi connectivity index (χ3n) is 2.96. The van der Waals surface area contributed by atoms with E-state index in [4.69, 9.17) is 4.98 Å². The Morgan fingerprint density at radius 1 is 1.11 bits per heavy atom. The summed E-state index contributed by atoms with van der Waals surface area (Å²) < 4.78 is 0. The van der Waals surface area contributed by atoms with Crippen molar-refractivity contribution in [2.75, 3.05) is 40.8 Å². The van der Waals surface area contributed by atoms with Gasteiger partial charge in [0, 0.05) is 26.2 Å². The number of rotatable bonds is 9. The summed E-state index contributed by atoms with van der Waals surface area (Å²) >= 11 is 0. The quantitative estimate of drug-likeness (QED) is 0.686. The van der Waals surface area contributed by atoms with Crippen LogP contribution in [0, 0.1) is 0 Å². The average molecular weight is 264 g/mol. The molecule has 19 heavy (non-hydrogen) atoms. The van der Waals surface area contributed by atoms with Gasteiger partial charge in [-0.3, -0.25) is 9.88 Å². The van der Waals surface area contributed by atoms with Gasteiger partial charge < -0.3 is 10.2 Å². The first-order valence-electron chi connectivity index (χ1n) is 7.10. The van der Waals surface area contributed by atoms with Crippen LogP contribution in [0.3, 0.4) is 0 Å². The van der Waals surface area contributed by atoms with Gasteiger partial charge in [0.2, 0.25) is 0 Å². The molecule has 0 aromatic carbocycles. The Hall–Kier alpha value is -0.970. The van der Waals surface area contributed by atoms with E-state index in [1.807, 2.05) is 0 Å². The van der Waals surface area contributed by atoms with Crippen molar-refractivity contribution in [2.45, 2.75) is 26.4 Å². The van der Waals surface area contributed by atoms with Crippen LogP contribution in [-0.2, 0) is 13.1 Å². The molecule has 4 nitrogen and oxygen atoms in total. The minimum atomic E-state index is 0.864. The van der Waals surface area contributed by atoms with Crippen LogP contribution in [-0.4, -0.2) is 55.6 Å². The summed E-state index contributed by atoms with van der Waals surface area (Å²) in [5.74, 6) is 0. The molecule has 0 radical (unpaired) electrons. The zero-order valence-electron chi connectivity index (χ0n) is 12.8. The fraction of sp³-hybridized carbons (Fsp3) is 0.667. The number of hydrogen-bond acceptors (Lipinski definition) is 4. The SMILES string of the molecule is CCCNCc1cccc(CN(C)CCN(C)C)n1. The molecule has 108 valence electrons. The first kappa shape index (κ1) is 16.1. The molecule has 0 spiro atoms. The topological polar surface area (TPSA) is 31.4 Å². The third kappa shape index (κ3) is 7.25. The van der Waals surface area contributed by atoms with Crippen molar-refractivity contribution in [3.05, 3.63) is 29.6 Å². The van der Waals surface area contributed by atoms with E-state index in [0.29, 0.717) is 0 Å². The third-order valence-corrected chi connectivity index (χ3v) is 2.96. The zero-order valence-corrected chi connectivity index (χ0v) is 12.8. The number of nitrogens with one attached hydrogen (secondary N) is 1. The van der Waals surface area contributed by atoms with Crippen molar-refractivity contribution in [3.8, 4) is 0 Å². The molecule has 0 aliphatic heterocycles. The average Bonchev–Trinajstić information content (AvgIpc) is 2.37. The van der Waals surface area contributed by atoms with Crippen LogP contribution in [0.5, 0.6) is 0 Å². The lowest BCUT2D eigenvalue weighted by atomic mass is 10.3. The Bertz CT molecular complexity index is 352. The molecule has 0 saturated heterocycles. The lowest BCUT2D eigenvalue weighted by Gasteiger charge is -2.19. The van der Waals surface area contributed by atoms with E-state index >= 15 is 0 Å². The first-order valence-corrected chi connectivity index (χ1v) is 7.10. The molecule has 0 atom stereocenters. The summed E-state index contributed by atoms with van der Waals surface area (Å²) in [5.41, 5.74) is 2.28. The molecule has 0 unspecified atom stereocenters. The number of pyridine rings is 1. The van der Waals surface area contributed by atoms with Crippen LogP contribution in [0.4, 0.5) is 0 Å². The second kappa shape index (κ2) is 9.02. The molecule has 0 aliphatic carbocycles. The second-order valence-electron chi connectivity index (χ2n) is 5.34. The van der Waals surface area contributed by atoms with Gasteiger partial charge >= 0.3 is 0 Å². The maximum atomic E-state index is 4.69. The number of aromatic nitrogens is 1. The van der Waals surface area contributed by atoms with E-state index in [9.17, 15) is 0 Å². The molecular weight excluding hydrogens is 236 g/mol. The summed E-state index contributed by atoms with van der Waals surface area (Å²) in [7, 11) is 6.35. The fourth-order valence-electron chi connectivity index (χ4n) is 1.84. The Morgan fingerprint density at radius 3 is 2.53 bits per heavy atom. The summed E-state index contributed by atoms with van der Waals surface area (Å²) in [6.45, 7) is 7.14. The lowest BCUT2D eigenvalue weighted by Crippen LogP contribution is -2.28. The smallest absolute Gasteiger partial charge is 0.0547 e. The van der Waals surface area contributed by atoms with E-state index < -0.39 is 0 Å². The zero-order chi connectivity index (χ0) is 14.1. The molecule has 1 rings (SSSR count). The highest BCUT2D eigenvalue weighted by Crippen LogP contribution is 2.02. The molecule has 0 aliphatic rings. The molecule has 4 heteroatoms. The molecule has 1 aromatic rings. The van der Waals surface area contributed by atoms with E-state index in [0.717, 1.165) is 50.5 Å². The van der Waals surface area contributed by atoms with Gasteiger partial charge in [0.1, 0.15) is 0 Å². The Balaban J connectivity index is 2.42. The maximum Gasteiger partial charge on any atom is 0.0547 e. The van der Waals surface area contributed by atoms with E-state index in [-0.39, 0.29) is 0 Å². The first-order chi connectivity index (χ1) is 9.11. The summed E-state index contributed by atoms with van der Waals surface area (Å²) in [5, 5.41) is 3.39. The molecule has 0 fully saturated rings. The van der Waals surface area contributed by atoms with Crippen LogP contribution in [0.1, 0.15) is 24.7 Å². The van der Waals surface area contributed by atoms with Crippen molar-refractivity contribution < 1.29 is 0 Å². The van der Waals surface area contributed by atoms with Crippen molar-refractivity contribution in [1.29, 1.82) is 0 Å². The van der Waals surface area contributed by atoms with Crippen LogP contribution >= 0.6 is 0 Å². The van der Waals surface area contributed by atoms with E-state index in [1.54, 1.807) is 0 Å². The van der Waals surface area contributed by atoms with Gasteiger partial charge in [-0.25, -0.2) is 0 Å². The van der Waals surface area contributed by atoms with Crippen LogP contribution in [0.2, 0.25) is 0 Å². The molecule has 1 aromatic heterocycles.